The quantitative estimate of drug-likeness (QED) is 0.314. The van der Waals surface area contributed by atoms with E-state index < -0.39 is 0 Å². The average Bonchev–Trinajstić information content (AvgIpc) is 2.04. The maximum absolute atomic E-state index is 5.68. The summed E-state index contributed by atoms with van der Waals surface area (Å²) < 4.78 is 0. The second-order valence-electron chi connectivity index (χ2n) is 3.65. The second kappa shape index (κ2) is 5.75. The topological polar surface area (TPSA) is 41.6 Å². The number of nitrogens with zero attached hydrogens (tertiary/aromatic N) is 2. The summed E-state index contributed by atoms with van der Waals surface area (Å²) >= 11 is 0. The Morgan fingerprint density at radius 3 is 2.15 bits per heavy atom. The summed E-state index contributed by atoms with van der Waals surface area (Å²) in [5, 5.41) is 1.60. The van der Waals surface area contributed by atoms with Crippen molar-refractivity contribution in [3.8, 4) is 0 Å². The predicted octanol–water partition coefficient (Wildman–Crippen LogP) is 2.16. The summed E-state index contributed by atoms with van der Waals surface area (Å²) in [7, 11) is 0. The van der Waals surface area contributed by atoms with Crippen molar-refractivity contribution in [1.29, 1.82) is 0 Å². The van der Waals surface area contributed by atoms with Crippen LogP contribution in [-0.4, -0.2) is 17.4 Å². The molecule has 0 atom stereocenters. The second-order valence-corrected chi connectivity index (χ2v) is 3.65. The van der Waals surface area contributed by atoms with Gasteiger partial charge in [-0.15, -0.1) is 0 Å². The van der Waals surface area contributed by atoms with E-state index in [-0.39, 0.29) is 6.04 Å². The summed E-state index contributed by atoms with van der Waals surface area (Å²) in [6, 6.07) is 0.286. The van der Waals surface area contributed by atoms with Crippen LogP contribution in [0, 0.1) is 5.92 Å². The third kappa shape index (κ3) is 4.68. The molecule has 0 aromatic heterocycles. The number of hydrazine groups is 1. The third-order valence-electron chi connectivity index (χ3n) is 1.82. The molecule has 0 aromatic carbocycles. The van der Waals surface area contributed by atoms with Gasteiger partial charge in [0.25, 0.3) is 0 Å². The van der Waals surface area contributed by atoms with Crippen molar-refractivity contribution in [2.75, 3.05) is 0 Å². The van der Waals surface area contributed by atoms with Crippen LogP contribution in [-0.2, 0) is 0 Å². The zero-order valence-corrected chi connectivity index (χ0v) is 9.28. The van der Waals surface area contributed by atoms with E-state index >= 15 is 0 Å². The van der Waals surface area contributed by atoms with Crippen LogP contribution >= 0.6 is 0 Å². The molecule has 0 rings (SSSR count). The Labute approximate surface area is 81.3 Å². The molecule has 0 aliphatic rings. The minimum Gasteiger partial charge on any atom is -0.298 e. The smallest absolute Gasteiger partial charge is 0.105 e. The van der Waals surface area contributed by atoms with Gasteiger partial charge in [-0.1, -0.05) is 19.9 Å². The fourth-order valence-corrected chi connectivity index (χ4v) is 0.824. The van der Waals surface area contributed by atoms with Crippen molar-refractivity contribution in [2.45, 2.75) is 40.7 Å². The van der Waals surface area contributed by atoms with E-state index in [1.54, 1.807) is 11.3 Å². The SMILES string of the molecule is C/C=C(\N=CN(N)C(C)C)C(C)C. The van der Waals surface area contributed by atoms with Crippen molar-refractivity contribution in [3.05, 3.63) is 11.8 Å². The molecule has 0 amide bonds. The highest BCUT2D eigenvalue weighted by atomic mass is 15.4. The molecule has 0 heterocycles. The first-order valence-corrected chi connectivity index (χ1v) is 4.72. The van der Waals surface area contributed by atoms with Crippen molar-refractivity contribution < 1.29 is 0 Å². The van der Waals surface area contributed by atoms with Crippen molar-refractivity contribution in [3.63, 3.8) is 0 Å². The van der Waals surface area contributed by atoms with Crippen molar-refractivity contribution >= 4 is 6.34 Å². The van der Waals surface area contributed by atoms with Gasteiger partial charge in [0.1, 0.15) is 6.34 Å². The van der Waals surface area contributed by atoms with Gasteiger partial charge in [-0.05, 0) is 26.7 Å². The number of aliphatic imine (C=N–C) groups is 1. The molecule has 0 radical (unpaired) electrons. The van der Waals surface area contributed by atoms with E-state index in [1.807, 2.05) is 26.8 Å². The van der Waals surface area contributed by atoms with E-state index in [4.69, 9.17) is 5.84 Å². The molecular weight excluding hydrogens is 162 g/mol. The lowest BCUT2D eigenvalue weighted by Gasteiger charge is -2.17. The number of allylic oxidation sites excluding steroid dienone is 2. The van der Waals surface area contributed by atoms with Crippen molar-refractivity contribution in [2.24, 2.45) is 16.8 Å². The Bertz CT molecular complexity index is 192. The Morgan fingerprint density at radius 1 is 1.31 bits per heavy atom. The van der Waals surface area contributed by atoms with E-state index in [2.05, 4.69) is 18.8 Å². The number of nitrogens with two attached hydrogens (primary N) is 1. The molecule has 76 valence electrons. The van der Waals surface area contributed by atoms with Crippen LogP contribution in [0.15, 0.2) is 16.8 Å². The monoisotopic (exact) mass is 183 g/mol. The molecule has 3 heteroatoms. The molecule has 0 saturated heterocycles. The largest absolute Gasteiger partial charge is 0.298 e. The lowest BCUT2D eigenvalue weighted by Crippen LogP contribution is -2.36. The Morgan fingerprint density at radius 2 is 1.85 bits per heavy atom. The average molecular weight is 183 g/mol. The van der Waals surface area contributed by atoms with Crippen LogP contribution in [0.1, 0.15) is 34.6 Å². The molecule has 2 N–H and O–H groups in total. The van der Waals surface area contributed by atoms with Crippen molar-refractivity contribution in [1.82, 2.24) is 5.01 Å². The lowest BCUT2D eigenvalue weighted by molar-refractivity contribution is 0.374. The molecule has 0 aromatic rings. The summed E-state index contributed by atoms with van der Waals surface area (Å²) in [6.07, 6.45) is 3.69. The van der Waals surface area contributed by atoms with Gasteiger partial charge in [0, 0.05) is 11.7 Å². The van der Waals surface area contributed by atoms with Crippen LogP contribution in [0.3, 0.4) is 0 Å². The van der Waals surface area contributed by atoms with Crippen LogP contribution in [0.5, 0.6) is 0 Å². The summed E-state index contributed by atoms with van der Waals surface area (Å²) in [5.41, 5.74) is 1.07. The lowest BCUT2D eigenvalue weighted by atomic mass is 10.1. The maximum atomic E-state index is 5.68. The zero-order chi connectivity index (χ0) is 10.4. The Hall–Kier alpha value is -0.830. The molecule has 0 fully saturated rings. The highest BCUT2D eigenvalue weighted by Gasteiger charge is 2.00. The molecule has 0 aliphatic carbocycles. The molecule has 0 unspecified atom stereocenters. The molecule has 0 saturated carbocycles. The van der Waals surface area contributed by atoms with Gasteiger partial charge in [0.15, 0.2) is 0 Å². The summed E-state index contributed by atoms with van der Waals surface area (Å²) in [6.45, 7) is 10.3. The van der Waals surface area contributed by atoms with Crippen LogP contribution in [0.2, 0.25) is 0 Å². The number of rotatable bonds is 4. The first kappa shape index (κ1) is 12.2. The van der Waals surface area contributed by atoms with Gasteiger partial charge in [-0.25, -0.2) is 10.8 Å². The van der Waals surface area contributed by atoms with Gasteiger partial charge in [-0.3, -0.25) is 5.01 Å². The minimum atomic E-state index is 0.286. The number of hydrogen-bond donors (Lipinski definition) is 1. The first-order chi connectivity index (χ1) is 5.99. The van der Waals surface area contributed by atoms with Gasteiger partial charge in [0.2, 0.25) is 0 Å². The minimum absolute atomic E-state index is 0.286. The fourth-order valence-electron chi connectivity index (χ4n) is 0.824. The standard InChI is InChI=1S/C10H21N3/c1-6-10(8(2)3)12-7-13(11)9(4)5/h6-9H,11H2,1-5H3/b10-6-,12-7?. The van der Waals surface area contributed by atoms with E-state index in [1.165, 1.54) is 0 Å². The van der Waals surface area contributed by atoms with Crippen LogP contribution in [0.25, 0.3) is 0 Å². The van der Waals surface area contributed by atoms with Crippen LogP contribution in [0.4, 0.5) is 0 Å². The Kier molecular flexibility index (Phi) is 5.39. The predicted molar refractivity (Wildman–Crippen MR) is 58.2 cm³/mol. The highest BCUT2D eigenvalue weighted by Crippen LogP contribution is 2.09. The van der Waals surface area contributed by atoms with Gasteiger partial charge >= 0.3 is 0 Å². The van der Waals surface area contributed by atoms with E-state index in [9.17, 15) is 0 Å². The van der Waals surface area contributed by atoms with Gasteiger partial charge in [0.05, 0.1) is 0 Å². The van der Waals surface area contributed by atoms with Gasteiger partial charge < -0.3 is 0 Å². The Balaban J connectivity index is 4.24. The van der Waals surface area contributed by atoms with E-state index in [0.29, 0.717) is 5.92 Å². The molecule has 0 spiro atoms. The van der Waals surface area contributed by atoms with Gasteiger partial charge in [-0.2, -0.15) is 0 Å². The highest BCUT2D eigenvalue weighted by molar-refractivity contribution is 5.56. The summed E-state index contributed by atoms with van der Waals surface area (Å²) in [4.78, 5) is 4.30. The molecule has 13 heavy (non-hydrogen) atoms. The molecular formula is C10H21N3. The third-order valence-corrected chi connectivity index (χ3v) is 1.82. The zero-order valence-electron chi connectivity index (χ0n) is 9.28. The molecule has 3 nitrogen and oxygen atoms in total. The maximum Gasteiger partial charge on any atom is 0.105 e. The molecule has 0 aliphatic heterocycles. The fraction of sp³-hybridized carbons (Fsp3) is 0.700. The normalized spacial score (nSPS) is 13.4. The molecule has 0 bridgehead atoms. The van der Waals surface area contributed by atoms with Crippen LogP contribution < -0.4 is 5.84 Å². The summed E-state index contributed by atoms with van der Waals surface area (Å²) in [5.74, 6) is 6.12. The number of hydrogen-bond acceptors (Lipinski definition) is 2. The first-order valence-electron chi connectivity index (χ1n) is 4.72. The van der Waals surface area contributed by atoms with E-state index in [0.717, 1.165) is 5.70 Å².